The van der Waals surface area contributed by atoms with E-state index in [1.54, 1.807) is 7.11 Å². The van der Waals surface area contributed by atoms with Crippen LogP contribution in [-0.4, -0.2) is 79.4 Å². The number of nitrogens with zero attached hydrogens (tertiary/aromatic N) is 4. The van der Waals surface area contributed by atoms with E-state index in [1.807, 2.05) is 24.1 Å². The number of nitrogens with one attached hydrogen (secondary N) is 1. The molecule has 9 heteroatoms. The molecule has 0 spiro atoms. The monoisotopic (exact) mass is 493 g/mol. The number of aryl methyl sites for hydroxylation is 1. The molecule has 1 atom stereocenters. The zero-order valence-corrected chi connectivity index (χ0v) is 18.8. The van der Waals surface area contributed by atoms with Crippen molar-refractivity contribution in [3.05, 3.63) is 18.0 Å². The Labute approximate surface area is 178 Å². The van der Waals surface area contributed by atoms with Crippen LogP contribution in [0.4, 0.5) is 0 Å². The van der Waals surface area contributed by atoms with Crippen LogP contribution in [0.15, 0.2) is 17.4 Å². The minimum Gasteiger partial charge on any atom is -0.381 e. The molecule has 1 unspecified atom stereocenters. The van der Waals surface area contributed by atoms with Gasteiger partial charge in [0.25, 0.3) is 0 Å². The lowest BCUT2D eigenvalue weighted by atomic mass is 9.94. The Morgan fingerprint density at radius 1 is 1.41 bits per heavy atom. The first kappa shape index (κ1) is 22.4. The second kappa shape index (κ2) is 10.6. The standard InChI is InChI=1S/C18H31N5O3.HI/c1-4-19-17(20-14-18(24-3)5-8-25-9-6-18)23-7-10-26-16(13-23)15-11-21-22(2)12-15;/h11-12,16H,4-10,13-14H2,1-3H3,(H,19,20);1H. The van der Waals surface area contributed by atoms with Crippen molar-refractivity contribution in [2.24, 2.45) is 12.0 Å². The lowest BCUT2D eigenvalue weighted by Crippen LogP contribution is -2.49. The number of morpholine rings is 1. The molecule has 0 aromatic carbocycles. The average molecular weight is 493 g/mol. The summed E-state index contributed by atoms with van der Waals surface area (Å²) in [6.45, 7) is 7.30. The summed E-state index contributed by atoms with van der Waals surface area (Å²) in [6.07, 6.45) is 5.67. The number of aromatic nitrogens is 2. The van der Waals surface area contributed by atoms with Gasteiger partial charge in [0.1, 0.15) is 6.10 Å². The van der Waals surface area contributed by atoms with Gasteiger partial charge in [-0.15, -0.1) is 24.0 Å². The number of ether oxygens (including phenoxy) is 3. The van der Waals surface area contributed by atoms with Crippen molar-refractivity contribution in [2.45, 2.75) is 31.5 Å². The third-order valence-corrected chi connectivity index (χ3v) is 5.15. The molecule has 1 N–H and O–H groups in total. The Morgan fingerprint density at radius 3 is 2.81 bits per heavy atom. The van der Waals surface area contributed by atoms with Gasteiger partial charge in [0.2, 0.25) is 0 Å². The van der Waals surface area contributed by atoms with Crippen molar-refractivity contribution in [2.75, 3.05) is 53.1 Å². The molecule has 2 aliphatic rings. The first-order chi connectivity index (χ1) is 12.7. The number of guanidine groups is 1. The highest BCUT2D eigenvalue weighted by atomic mass is 127. The molecule has 0 saturated carbocycles. The molecule has 1 aromatic heterocycles. The molecule has 2 fully saturated rings. The summed E-state index contributed by atoms with van der Waals surface area (Å²) in [5.41, 5.74) is 0.888. The Balaban J connectivity index is 0.00000261. The van der Waals surface area contributed by atoms with E-state index in [2.05, 4.69) is 22.2 Å². The van der Waals surface area contributed by atoms with Crippen LogP contribution in [0, 0.1) is 0 Å². The molecule has 0 aliphatic carbocycles. The fraction of sp³-hybridized carbons (Fsp3) is 0.778. The van der Waals surface area contributed by atoms with E-state index in [0.717, 1.165) is 57.2 Å². The van der Waals surface area contributed by atoms with Crippen molar-refractivity contribution in [1.82, 2.24) is 20.0 Å². The minimum atomic E-state index is -0.214. The van der Waals surface area contributed by atoms with Gasteiger partial charge in [-0.25, -0.2) is 0 Å². The average Bonchev–Trinajstić information content (AvgIpc) is 3.12. The van der Waals surface area contributed by atoms with Crippen LogP contribution in [0.2, 0.25) is 0 Å². The second-order valence-electron chi connectivity index (χ2n) is 6.92. The maximum absolute atomic E-state index is 5.95. The van der Waals surface area contributed by atoms with Gasteiger partial charge in [0.05, 0.1) is 31.5 Å². The first-order valence-corrected chi connectivity index (χ1v) is 9.42. The quantitative estimate of drug-likeness (QED) is 0.382. The number of hydrogen-bond acceptors (Lipinski definition) is 5. The highest BCUT2D eigenvalue weighted by Crippen LogP contribution is 2.25. The summed E-state index contributed by atoms with van der Waals surface area (Å²) in [6, 6.07) is 0. The SMILES string of the molecule is CCNC(=NCC1(OC)CCOCC1)N1CCOC(c2cnn(C)c2)C1.I. The molecule has 3 rings (SSSR count). The van der Waals surface area contributed by atoms with Crippen molar-refractivity contribution in [3.8, 4) is 0 Å². The fourth-order valence-electron chi connectivity index (χ4n) is 3.46. The number of hydrogen-bond donors (Lipinski definition) is 1. The van der Waals surface area contributed by atoms with Gasteiger partial charge >= 0.3 is 0 Å². The number of methoxy groups -OCH3 is 1. The highest BCUT2D eigenvalue weighted by molar-refractivity contribution is 14.0. The number of aliphatic imine (C=N–C) groups is 1. The first-order valence-electron chi connectivity index (χ1n) is 9.42. The molecular formula is C18H32IN5O3. The van der Waals surface area contributed by atoms with Gasteiger partial charge < -0.3 is 24.4 Å². The van der Waals surface area contributed by atoms with Crippen LogP contribution >= 0.6 is 24.0 Å². The Hall–Kier alpha value is -0.910. The predicted octanol–water partition coefficient (Wildman–Crippen LogP) is 1.57. The highest BCUT2D eigenvalue weighted by Gasteiger charge is 2.33. The van der Waals surface area contributed by atoms with Crippen molar-refractivity contribution < 1.29 is 14.2 Å². The van der Waals surface area contributed by atoms with Crippen LogP contribution in [0.25, 0.3) is 0 Å². The normalized spacial score (nSPS) is 23.0. The van der Waals surface area contributed by atoms with E-state index >= 15 is 0 Å². The van der Waals surface area contributed by atoms with Crippen LogP contribution in [-0.2, 0) is 21.3 Å². The maximum Gasteiger partial charge on any atom is 0.194 e. The van der Waals surface area contributed by atoms with Crippen molar-refractivity contribution in [3.63, 3.8) is 0 Å². The van der Waals surface area contributed by atoms with Gasteiger partial charge in [-0.2, -0.15) is 5.10 Å². The second-order valence-corrected chi connectivity index (χ2v) is 6.92. The topological polar surface area (TPSA) is 73.1 Å². The third kappa shape index (κ3) is 5.78. The Morgan fingerprint density at radius 2 is 2.19 bits per heavy atom. The lowest BCUT2D eigenvalue weighted by molar-refractivity contribution is -0.0830. The molecular weight excluding hydrogens is 461 g/mol. The molecule has 0 amide bonds. The van der Waals surface area contributed by atoms with Gasteiger partial charge in [-0.1, -0.05) is 0 Å². The summed E-state index contributed by atoms with van der Waals surface area (Å²) >= 11 is 0. The summed E-state index contributed by atoms with van der Waals surface area (Å²) < 4.78 is 19.1. The van der Waals surface area contributed by atoms with E-state index < -0.39 is 0 Å². The van der Waals surface area contributed by atoms with Gasteiger partial charge in [-0.3, -0.25) is 9.67 Å². The third-order valence-electron chi connectivity index (χ3n) is 5.15. The fourth-order valence-corrected chi connectivity index (χ4v) is 3.46. The van der Waals surface area contributed by atoms with E-state index in [0.29, 0.717) is 13.2 Å². The molecule has 2 aliphatic heterocycles. The Kier molecular flexibility index (Phi) is 8.77. The van der Waals surface area contributed by atoms with Crippen LogP contribution < -0.4 is 5.32 Å². The van der Waals surface area contributed by atoms with Crippen LogP contribution in [0.5, 0.6) is 0 Å². The molecule has 27 heavy (non-hydrogen) atoms. The van der Waals surface area contributed by atoms with Gasteiger partial charge in [0, 0.05) is 65.1 Å². The molecule has 1 aromatic rings. The summed E-state index contributed by atoms with van der Waals surface area (Å²) in [5.74, 6) is 0.924. The van der Waals surface area contributed by atoms with E-state index in [1.165, 1.54) is 0 Å². The van der Waals surface area contributed by atoms with Gasteiger partial charge in [-0.05, 0) is 6.92 Å². The minimum absolute atomic E-state index is 0. The zero-order valence-electron chi connectivity index (χ0n) is 16.5. The predicted molar refractivity (Wildman–Crippen MR) is 115 cm³/mol. The Bertz CT molecular complexity index is 604. The maximum atomic E-state index is 5.95. The van der Waals surface area contributed by atoms with Crippen molar-refractivity contribution >= 4 is 29.9 Å². The van der Waals surface area contributed by atoms with E-state index in [9.17, 15) is 0 Å². The van der Waals surface area contributed by atoms with Crippen LogP contribution in [0.1, 0.15) is 31.4 Å². The molecule has 0 radical (unpaired) electrons. The largest absolute Gasteiger partial charge is 0.381 e. The number of rotatable bonds is 5. The van der Waals surface area contributed by atoms with E-state index in [4.69, 9.17) is 19.2 Å². The summed E-state index contributed by atoms with van der Waals surface area (Å²) in [7, 11) is 3.70. The molecule has 0 bridgehead atoms. The molecule has 8 nitrogen and oxygen atoms in total. The molecule has 3 heterocycles. The van der Waals surface area contributed by atoms with Crippen LogP contribution in [0.3, 0.4) is 0 Å². The zero-order chi connectivity index (χ0) is 18.4. The summed E-state index contributed by atoms with van der Waals surface area (Å²) in [5, 5.41) is 7.68. The number of halogens is 1. The molecule has 2 saturated heterocycles. The van der Waals surface area contributed by atoms with E-state index in [-0.39, 0.29) is 35.7 Å². The summed E-state index contributed by atoms with van der Waals surface area (Å²) in [4.78, 5) is 7.18. The van der Waals surface area contributed by atoms with Gasteiger partial charge in [0.15, 0.2) is 5.96 Å². The lowest BCUT2D eigenvalue weighted by Gasteiger charge is -2.37. The van der Waals surface area contributed by atoms with Crippen molar-refractivity contribution in [1.29, 1.82) is 0 Å². The smallest absolute Gasteiger partial charge is 0.194 e. The molecule has 154 valence electrons.